The highest BCUT2D eigenvalue weighted by atomic mass is 16.7. The second kappa shape index (κ2) is 9.33. The molecule has 0 bridgehead atoms. The summed E-state index contributed by atoms with van der Waals surface area (Å²) in [6, 6.07) is 3.81. The maximum absolute atomic E-state index is 13.0. The van der Waals surface area contributed by atoms with Crippen molar-refractivity contribution in [2.45, 2.75) is 78.4 Å². The van der Waals surface area contributed by atoms with E-state index < -0.39 is 29.1 Å². The fourth-order valence-electron chi connectivity index (χ4n) is 4.19. The van der Waals surface area contributed by atoms with Gasteiger partial charge in [-0.15, -0.1) is 0 Å². The van der Waals surface area contributed by atoms with Crippen molar-refractivity contribution in [3.63, 3.8) is 0 Å². The van der Waals surface area contributed by atoms with Crippen molar-refractivity contribution >= 4 is 11.9 Å². The number of hydrogen-bond acceptors (Lipinski definition) is 6. The number of carbonyl (C=O) groups excluding carboxylic acids is 2. The van der Waals surface area contributed by atoms with Crippen molar-refractivity contribution < 1.29 is 28.5 Å². The molecule has 0 aliphatic carbocycles. The molecule has 31 heavy (non-hydrogen) atoms. The van der Waals surface area contributed by atoms with Gasteiger partial charge < -0.3 is 18.9 Å². The Kier molecular flexibility index (Phi) is 7.45. The van der Waals surface area contributed by atoms with Crippen molar-refractivity contribution in [2.24, 2.45) is 5.92 Å². The van der Waals surface area contributed by atoms with Crippen LogP contribution in [0.3, 0.4) is 0 Å². The highest BCUT2D eigenvalue weighted by Gasteiger charge is 2.53. The molecule has 172 valence electrons. The number of rotatable bonds is 8. The van der Waals surface area contributed by atoms with Crippen LogP contribution in [0.15, 0.2) is 23.8 Å². The lowest BCUT2D eigenvalue weighted by atomic mass is 9.68. The molecular formula is C25H36O6. The van der Waals surface area contributed by atoms with E-state index in [1.807, 2.05) is 32.9 Å². The molecule has 6 nitrogen and oxygen atoms in total. The Morgan fingerprint density at radius 1 is 1.10 bits per heavy atom. The Bertz CT molecular complexity index is 818. The van der Waals surface area contributed by atoms with E-state index in [0.717, 1.165) is 11.1 Å². The summed E-state index contributed by atoms with van der Waals surface area (Å²) in [5.41, 5.74) is 2.00. The van der Waals surface area contributed by atoms with Crippen LogP contribution in [0.25, 0.3) is 0 Å². The summed E-state index contributed by atoms with van der Waals surface area (Å²) >= 11 is 0. The lowest BCUT2D eigenvalue weighted by Gasteiger charge is -2.41. The zero-order chi connectivity index (χ0) is 23.6. The highest BCUT2D eigenvalue weighted by Crippen LogP contribution is 2.46. The minimum atomic E-state index is -1.28. The molecule has 0 N–H and O–H groups in total. The number of allylic oxidation sites excluding steroid dienone is 2. The average Bonchev–Trinajstić information content (AvgIpc) is 2.64. The zero-order valence-corrected chi connectivity index (χ0v) is 20.3. The van der Waals surface area contributed by atoms with Crippen molar-refractivity contribution in [1.82, 2.24) is 0 Å². The minimum Gasteiger partial charge on any atom is -0.496 e. The van der Waals surface area contributed by atoms with Crippen LogP contribution in [0.2, 0.25) is 0 Å². The van der Waals surface area contributed by atoms with Gasteiger partial charge >= 0.3 is 11.9 Å². The van der Waals surface area contributed by atoms with E-state index in [0.29, 0.717) is 24.3 Å². The maximum Gasteiger partial charge on any atom is 0.324 e. The molecule has 0 saturated carbocycles. The maximum atomic E-state index is 13.0. The summed E-state index contributed by atoms with van der Waals surface area (Å²) in [7, 11) is 3.22. The molecule has 0 radical (unpaired) electrons. The second-order valence-electron chi connectivity index (χ2n) is 9.36. The molecule has 6 heteroatoms. The smallest absolute Gasteiger partial charge is 0.324 e. The van der Waals surface area contributed by atoms with Crippen LogP contribution in [0.1, 0.15) is 78.4 Å². The van der Waals surface area contributed by atoms with Crippen LogP contribution < -0.4 is 9.47 Å². The summed E-state index contributed by atoms with van der Waals surface area (Å²) in [6.45, 7) is 13.2. The van der Waals surface area contributed by atoms with Crippen LogP contribution in [0, 0.1) is 5.92 Å². The number of methoxy groups -OCH3 is 2. The number of ether oxygens (including phenoxy) is 4. The lowest BCUT2D eigenvalue weighted by Crippen LogP contribution is -2.53. The summed E-state index contributed by atoms with van der Waals surface area (Å²) < 4.78 is 22.3. The lowest BCUT2D eigenvalue weighted by molar-refractivity contribution is -0.243. The Balaban J connectivity index is 2.67. The molecule has 1 aromatic rings. The van der Waals surface area contributed by atoms with Crippen LogP contribution >= 0.6 is 0 Å². The van der Waals surface area contributed by atoms with Gasteiger partial charge in [0, 0.05) is 24.8 Å². The van der Waals surface area contributed by atoms with Gasteiger partial charge in [-0.1, -0.05) is 32.4 Å². The Hall–Kier alpha value is -2.50. The third-order valence-corrected chi connectivity index (χ3v) is 5.80. The summed E-state index contributed by atoms with van der Waals surface area (Å²) in [5.74, 6) is -2.03. The molecule has 1 aliphatic heterocycles. The van der Waals surface area contributed by atoms with E-state index >= 15 is 0 Å². The van der Waals surface area contributed by atoms with E-state index in [-0.39, 0.29) is 5.92 Å². The molecule has 1 saturated heterocycles. The van der Waals surface area contributed by atoms with Gasteiger partial charge in [0.05, 0.1) is 14.2 Å². The van der Waals surface area contributed by atoms with E-state index in [9.17, 15) is 9.59 Å². The van der Waals surface area contributed by atoms with Gasteiger partial charge in [-0.2, -0.15) is 0 Å². The molecule has 0 spiro atoms. The van der Waals surface area contributed by atoms with Gasteiger partial charge in [-0.05, 0) is 50.3 Å². The van der Waals surface area contributed by atoms with Gasteiger partial charge in [-0.25, -0.2) is 0 Å². The van der Waals surface area contributed by atoms with Gasteiger partial charge in [0.15, 0.2) is 5.92 Å². The van der Waals surface area contributed by atoms with Crippen LogP contribution in [-0.4, -0.2) is 31.9 Å². The Morgan fingerprint density at radius 2 is 1.58 bits per heavy atom. The van der Waals surface area contributed by atoms with Gasteiger partial charge in [-0.3, -0.25) is 9.59 Å². The number of cyclic esters (lactones) is 2. The number of benzene rings is 1. The largest absolute Gasteiger partial charge is 0.496 e. The first kappa shape index (κ1) is 24.8. The number of hydrogen-bond donors (Lipinski definition) is 0. The first-order valence-electron chi connectivity index (χ1n) is 10.7. The van der Waals surface area contributed by atoms with E-state index in [1.165, 1.54) is 5.57 Å². The molecule has 1 aliphatic rings. The third kappa shape index (κ3) is 5.23. The normalized spacial score (nSPS) is 18.1. The van der Waals surface area contributed by atoms with Crippen molar-refractivity contribution in [1.29, 1.82) is 0 Å². The molecule has 1 atom stereocenters. The SMILES string of the molecule is COc1cc(C(C)(CCC=C(C)C)C2C(=O)OC(C)(C)OC2=O)cc(OC)c1C(C)C. The third-order valence-electron chi connectivity index (χ3n) is 5.80. The summed E-state index contributed by atoms with van der Waals surface area (Å²) in [4.78, 5) is 26.0. The van der Waals surface area contributed by atoms with Crippen LogP contribution in [0.5, 0.6) is 11.5 Å². The van der Waals surface area contributed by atoms with Crippen molar-refractivity contribution in [3.8, 4) is 11.5 Å². The molecule has 0 amide bonds. The highest BCUT2D eigenvalue weighted by molar-refractivity contribution is 5.98. The van der Waals surface area contributed by atoms with Crippen LogP contribution in [-0.2, 0) is 24.5 Å². The van der Waals surface area contributed by atoms with Gasteiger partial charge in [0.1, 0.15) is 11.5 Å². The Morgan fingerprint density at radius 3 is 1.97 bits per heavy atom. The number of esters is 2. The van der Waals surface area contributed by atoms with Crippen molar-refractivity contribution in [3.05, 3.63) is 34.9 Å². The molecule has 1 unspecified atom stereocenters. The quantitative estimate of drug-likeness (QED) is 0.316. The molecule has 1 fully saturated rings. The first-order valence-corrected chi connectivity index (χ1v) is 10.7. The van der Waals surface area contributed by atoms with Gasteiger partial charge in [0.2, 0.25) is 0 Å². The number of carbonyl (C=O) groups is 2. The summed E-state index contributed by atoms with van der Waals surface area (Å²) in [5, 5.41) is 0. The van der Waals surface area contributed by atoms with Gasteiger partial charge in [0.25, 0.3) is 5.79 Å². The van der Waals surface area contributed by atoms with Crippen molar-refractivity contribution in [2.75, 3.05) is 14.2 Å². The standard InChI is InChI=1S/C25H36O6/c1-15(2)11-10-12-25(7,21-22(26)30-24(5,6)31-23(21)27)17-13-18(28-8)20(16(3)4)19(14-17)29-9/h11,13-14,16,21H,10,12H2,1-9H3. The molecule has 2 rings (SSSR count). The first-order chi connectivity index (χ1) is 14.4. The predicted molar refractivity (Wildman–Crippen MR) is 119 cm³/mol. The molecular weight excluding hydrogens is 396 g/mol. The topological polar surface area (TPSA) is 71.1 Å². The molecule has 1 aromatic carbocycles. The second-order valence-corrected chi connectivity index (χ2v) is 9.36. The monoisotopic (exact) mass is 432 g/mol. The minimum absolute atomic E-state index is 0.168. The molecule has 0 aromatic heterocycles. The Labute approximate surface area is 185 Å². The fourth-order valence-corrected chi connectivity index (χ4v) is 4.19. The summed E-state index contributed by atoms with van der Waals surface area (Å²) in [6.07, 6.45) is 3.33. The van der Waals surface area contributed by atoms with E-state index in [4.69, 9.17) is 18.9 Å². The average molecular weight is 433 g/mol. The van der Waals surface area contributed by atoms with E-state index in [1.54, 1.807) is 28.1 Å². The zero-order valence-electron chi connectivity index (χ0n) is 20.3. The van der Waals surface area contributed by atoms with E-state index in [2.05, 4.69) is 19.9 Å². The predicted octanol–water partition coefficient (Wildman–Crippen LogP) is 5.28. The molecule has 1 heterocycles. The van der Waals surface area contributed by atoms with Crippen LogP contribution in [0.4, 0.5) is 0 Å². The fraction of sp³-hybridized carbons (Fsp3) is 0.600.